The number of carbonyl (C=O) groups excluding carboxylic acids is 1. The van der Waals surface area contributed by atoms with Crippen LogP contribution in [0, 0.1) is 0 Å². The van der Waals surface area contributed by atoms with Gasteiger partial charge in [0.15, 0.2) is 0 Å². The zero-order valence-electron chi connectivity index (χ0n) is 13.4. The van der Waals surface area contributed by atoms with Crippen molar-refractivity contribution in [3.63, 3.8) is 0 Å². The van der Waals surface area contributed by atoms with Gasteiger partial charge in [-0.05, 0) is 38.4 Å². The molecule has 0 aliphatic carbocycles. The van der Waals surface area contributed by atoms with Gasteiger partial charge in [0.2, 0.25) is 5.91 Å². The molecule has 1 aliphatic heterocycles. The van der Waals surface area contributed by atoms with Gasteiger partial charge in [0, 0.05) is 35.4 Å². The van der Waals surface area contributed by atoms with Crippen molar-refractivity contribution in [3.05, 3.63) is 35.6 Å². The molecule has 5 nitrogen and oxygen atoms in total. The highest BCUT2D eigenvalue weighted by atomic mass is 35.5. The van der Waals surface area contributed by atoms with E-state index in [1.807, 2.05) is 17.5 Å². The molecule has 0 aromatic carbocycles. The summed E-state index contributed by atoms with van der Waals surface area (Å²) < 4.78 is 0. The van der Waals surface area contributed by atoms with Crippen molar-refractivity contribution in [3.8, 4) is 10.6 Å². The van der Waals surface area contributed by atoms with Crippen LogP contribution < -0.4 is 10.6 Å². The topological polar surface area (TPSA) is 66.9 Å². The Labute approximate surface area is 158 Å². The van der Waals surface area contributed by atoms with Crippen LogP contribution >= 0.6 is 36.2 Å². The third-order valence-electron chi connectivity index (χ3n) is 3.91. The SMILES string of the molecule is CC1NCCCC1NC(=O)Cc1csc(-c2cccnc2)n1.Cl.Cl. The molecule has 0 saturated carbocycles. The number of halogens is 2. The molecule has 1 saturated heterocycles. The predicted molar refractivity (Wildman–Crippen MR) is 102 cm³/mol. The number of rotatable bonds is 4. The Hall–Kier alpha value is -1.21. The summed E-state index contributed by atoms with van der Waals surface area (Å²) in [6.45, 7) is 3.15. The van der Waals surface area contributed by atoms with E-state index in [2.05, 4.69) is 27.5 Å². The second-order valence-electron chi connectivity index (χ2n) is 5.62. The molecule has 132 valence electrons. The molecule has 2 N–H and O–H groups in total. The van der Waals surface area contributed by atoms with Gasteiger partial charge in [-0.3, -0.25) is 9.78 Å². The molecule has 0 radical (unpaired) electrons. The number of carbonyl (C=O) groups is 1. The zero-order valence-corrected chi connectivity index (χ0v) is 15.8. The van der Waals surface area contributed by atoms with Gasteiger partial charge in [-0.25, -0.2) is 4.98 Å². The first-order valence-corrected chi connectivity index (χ1v) is 8.48. The minimum Gasteiger partial charge on any atom is -0.351 e. The lowest BCUT2D eigenvalue weighted by Crippen LogP contribution is -2.52. The van der Waals surface area contributed by atoms with Gasteiger partial charge in [-0.15, -0.1) is 36.2 Å². The Morgan fingerprint density at radius 3 is 3.00 bits per heavy atom. The molecule has 2 aromatic rings. The summed E-state index contributed by atoms with van der Waals surface area (Å²) in [6.07, 6.45) is 6.01. The van der Waals surface area contributed by atoms with Gasteiger partial charge in [0.1, 0.15) is 5.01 Å². The summed E-state index contributed by atoms with van der Waals surface area (Å²) in [4.78, 5) is 20.8. The Morgan fingerprint density at radius 1 is 1.46 bits per heavy atom. The van der Waals surface area contributed by atoms with E-state index >= 15 is 0 Å². The average Bonchev–Trinajstić information content (AvgIpc) is 2.99. The molecule has 2 atom stereocenters. The number of piperidine rings is 1. The first kappa shape index (κ1) is 20.8. The van der Waals surface area contributed by atoms with Crippen molar-refractivity contribution in [1.82, 2.24) is 20.6 Å². The zero-order chi connectivity index (χ0) is 15.4. The number of nitrogens with one attached hydrogen (secondary N) is 2. The summed E-state index contributed by atoms with van der Waals surface area (Å²) in [7, 11) is 0. The summed E-state index contributed by atoms with van der Waals surface area (Å²) in [5, 5.41) is 9.36. The normalized spacial score (nSPS) is 19.7. The third-order valence-corrected chi connectivity index (χ3v) is 4.85. The lowest BCUT2D eigenvalue weighted by Gasteiger charge is -2.30. The van der Waals surface area contributed by atoms with E-state index in [9.17, 15) is 4.79 Å². The molecular formula is C16H22Cl2N4OS. The molecular weight excluding hydrogens is 367 g/mol. The number of hydrogen-bond donors (Lipinski definition) is 2. The Balaban J connectivity index is 0.00000144. The van der Waals surface area contributed by atoms with Crippen molar-refractivity contribution in [2.75, 3.05) is 6.54 Å². The van der Waals surface area contributed by atoms with E-state index in [0.717, 1.165) is 35.7 Å². The molecule has 2 aromatic heterocycles. The highest BCUT2D eigenvalue weighted by molar-refractivity contribution is 7.13. The van der Waals surface area contributed by atoms with Crippen LogP contribution in [0.1, 0.15) is 25.5 Å². The van der Waals surface area contributed by atoms with Gasteiger partial charge < -0.3 is 10.6 Å². The second-order valence-corrected chi connectivity index (χ2v) is 6.48. The van der Waals surface area contributed by atoms with Gasteiger partial charge >= 0.3 is 0 Å². The first-order valence-electron chi connectivity index (χ1n) is 7.60. The van der Waals surface area contributed by atoms with Gasteiger partial charge in [-0.1, -0.05) is 0 Å². The van der Waals surface area contributed by atoms with Crippen LogP contribution in [-0.4, -0.2) is 34.5 Å². The van der Waals surface area contributed by atoms with Crippen molar-refractivity contribution in [2.24, 2.45) is 0 Å². The van der Waals surface area contributed by atoms with Crippen molar-refractivity contribution in [1.29, 1.82) is 0 Å². The fourth-order valence-electron chi connectivity index (χ4n) is 2.67. The van der Waals surface area contributed by atoms with Gasteiger partial charge in [-0.2, -0.15) is 0 Å². The fourth-order valence-corrected chi connectivity index (χ4v) is 3.48. The lowest BCUT2D eigenvalue weighted by atomic mass is 10.00. The highest BCUT2D eigenvalue weighted by Crippen LogP contribution is 2.22. The van der Waals surface area contributed by atoms with E-state index in [-0.39, 0.29) is 36.8 Å². The number of thiazole rings is 1. The number of hydrogen-bond acceptors (Lipinski definition) is 5. The van der Waals surface area contributed by atoms with E-state index < -0.39 is 0 Å². The quantitative estimate of drug-likeness (QED) is 0.844. The van der Waals surface area contributed by atoms with Crippen LogP contribution in [-0.2, 0) is 11.2 Å². The number of nitrogens with zero attached hydrogens (tertiary/aromatic N) is 2. The molecule has 1 fully saturated rings. The Morgan fingerprint density at radius 2 is 2.29 bits per heavy atom. The number of aromatic nitrogens is 2. The molecule has 0 bridgehead atoms. The van der Waals surface area contributed by atoms with Crippen LogP contribution in [0.3, 0.4) is 0 Å². The fraction of sp³-hybridized carbons (Fsp3) is 0.438. The summed E-state index contributed by atoms with van der Waals surface area (Å²) >= 11 is 1.55. The minimum atomic E-state index is 0. The molecule has 3 heterocycles. The summed E-state index contributed by atoms with van der Waals surface area (Å²) in [5.41, 5.74) is 1.81. The van der Waals surface area contributed by atoms with Gasteiger partial charge in [0.05, 0.1) is 12.1 Å². The average molecular weight is 389 g/mol. The van der Waals surface area contributed by atoms with Gasteiger partial charge in [0.25, 0.3) is 0 Å². The maximum atomic E-state index is 12.2. The molecule has 1 aliphatic rings. The Bertz CT molecular complexity index is 638. The van der Waals surface area contributed by atoms with Crippen LogP contribution in [0.5, 0.6) is 0 Å². The molecule has 2 unspecified atom stereocenters. The standard InChI is InChI=1S/C16H20N4OS.2ClH/c1-11-14(5-3-7-18-11)20-15(21)8-13-10-22-16(19-13)12-4-2-6-17-9-12;;/h2,4,6,9-11,14,18H,3,5,7-8H2,1H3,(H,20,21);2*1H. The maximum absolute atomic E-state index is 12.2. The largest absolute Gasteiger partial charge is 0.351 e. The smallest absolute Gasteiger partial charge is 0.226 e. The highest BCUT2D eigenvalue weighted by Gasteiger charge is 2.22. The van der Waals surface area contributed by atoms with E-state index in [4.69, 9.17) is 0 Å². The molecule has 3 rings (SSSR count). The molecule has 8 heteroatoms. The van der Waals surface area contributed by atoms with E-state index in [1.54, 1.807) is 23.7 Å². The van der Waals surface area contributed by atoms with Crippen molar-refractivity contribution >= 4 is 42.1 Å². The summed E-state index contributed by atoms with van der Waals surface area (Å²) in [6, 6.07) is 4.42. The molecule has 1 amide bonds. The van der Waals surface area contributed by atoms with E-state index in [0.29, 0.717) is 12.5 Å². The summed E-state index contributed by atoms with van der Waals surface area (Å²) in [5.74, 6) is 0.0450. The predicted octanol–water partition coefficient (Wildman–Crippen LogP) is 2.85. The first-order chi connectivity index (χ1) is 10.7. The monoisotopic (exact) mass is 388 g/mol. The van der Waals surface area contributed by atoms with Crippen LogP contribution in [0.15, 0.2) is 29.9 Å². The van der Waals surface area contributed by atoms with Crippen molar-refractivity contribution in [2.45, 2.75) is 38.3 Å². The van der Waals surface area contributed by atoms with Crippen LogP contribution in [0.4, 0.5) is 0 Å². The Kier molecular flexibility index (Phi) is 8.62. The maximum Gasteiger partial charge on any atom is 0.226 e. The minimum absolute atomic E-state index is 0. The molecule has 0 spiro atoms. The van der Waals surface area contributed by atoms with E-state index in [1.165, 1.54) is 0 Å². The van der Waals surface area contributed by atoms with Crippen molar-refractivity contribution < 1.29 is 4.79 Å². The van der Waals surface area contributed by atoms with Crippen LogP contribution in [0.2, 0.25) is 0 Å². The van der Waals surface area contributed by atoms with Crippen LogP contribution in [0.25, 0.3) is 10.6 Å². The number of pyridine rings is 1. The molecule has 24 heavy (non-hydrogen) atoms. The third kappa shape index (κ3) is 5.41. The lowest BCUT2D eigenvalue weighted by molar-refractivity contribution is -0.121. The number of amides is 1. The second kappa shape index (κ2) is 9.93.